The molecular formula is C25H31N3O3S. The van der Waals surface area contributed by atoms with E-state index in [1.54, 1.807) is 6.08 Å². The van der Waals surface area contributed by atoms with E-state index in [2.05, 4.69) is 52.7 Å². The van der Waals surface area contributed by atoms with Gasteiger partial charge in [-0.25, -0.2) is 13.1 Å². The van der Waals surface area contributed by atoms with Crippen LogP contribution in [0.25, 0.3) is 6.08 Å². The fraction of sp³-hybridized carbons (Fsp3) is 0.400. The molecule has 2 aromatic rings. The van der Waals surface area contributed by atoms with Crippen LogP contribution in [0.2, 0.25) is 0 Å². The van der Waals surface area contributed by atoms with Crippen molar-refractivity contribution in [1.29, 1.82) is 0 Å². The predicted molar refractivity (Wildman–Crippen MR) is 127 cm³/mol. The minimum absolute atomic E-state index is 0.607. The van der Waals surface area contributed by atoms with E-state index in [-0.39, 0.29) is 0 Å². The summed E-state index contributed by atoms with van der Waals surface area (Å²) < 4.78 is 24.0. The third-order valence-corrected chi connectivity index (χ3v) is 6.73. The predicted octanol–water partition coefficient (Wildman–Crippen LogP) is 2.89. The van der Waals surface area contributed by atoms with Gasteiger partial charge in [0, 0.05) is 30.6 Å². The highest BCUT2D eigenvalue weighted by molar-refractivity contribution is 7.89. The van der Waals surface area contributed by atoms with Crippen molar-refractivity contribution in [2.45, 2.75) is 43.8 Å². The van der Waals surface area contributed by atoms with Gasteiger partial charge in [0.05, 0.1) is 6.26 Å². The van der Waals surface area contributed by atoms with Gasteiger partial charge in [-0.2, -0.15) is 0 Å². The smallest absolute Gasteiger partial charge is 0.257 e. The van der Waals surface area contributed by atoms with Crippen LogP contribution < -0.4 is 10.0 Å². The number of nitrogens with one attached hydrogen (secondary N) is 2. The zero-order valence-corrected chi connectivity index (χ0v) is 19.2. The molecule has 2 atom stereocenters. The van der Waals surface area contributed by atoms with Crippen LogP contribution in [-0.4, -0.2) is 50.7 Å². The number of carbonyl (C=O) groups is 1. The summed E-state index contributed by atoms with van der Waals surface area (Å²) in [5, 5.41) is 3.87. The van der Waals surface area contributed by atoms with E-state index in [9.17, 15) is 13.2 Å². The molecule has 2 fully saturated rings. The van der Waals surface area contributed by atoms with Crippen LogP contribution in [0.1, 0.15) is 41.9 Å². The first-order valence-corrected chi connectivity index (χ1v) is 13.1. The number of piperidine rings is 1. The van der Waals surface area contributed by atoms with Crippen molar-refractivity contribution in [1.82, 2.24) is 14.9 Å². The lowest BCUT2D eigenvalue weighted by atomic mass is 10.0. The van der Waals surface area contributed by atoms with Gasteiger partial charge in [-0.15, -0.1) is 0 Å². The second kappa shape index (κ2) is 9.98. The summed E-state index contributed by atoms with van der Waals surface area (Å²) in [4.78, 5) is 14.1. The van der Waals surface area contributed by atoms with Crippen LogP contribution in [0, 0.1) is 0 Å². The standard InChI is InChI=1S/C25H31N3O3S/c1-32(30,31)27-25(29)12-11-19-7-9-20(10-8-19)18-28-15-13-22(14-16-28)26-24-17-23(24)21-5-3-2-4-6-21/h2-12,22-24,26H,13-18H2,1H3,(H,27,29)/t23-,24+/m0/s1. The molecule has 1 amide bonds. The lowest BCUT2D eigenvalue weighted by Crippen LogP contribution is -2.43. The van der Waals surface area contributed by atoms with Gasteiger partial charge in [0.2, 0.25) is 10.0 Å². The van der Waals surface area contributed by atoms with E-state index in [1.807, 2.05) is 16.9 Å². The zero-order chi connectivity index (χ0) is 22.6. The van der Waals surface area contributed by atoms with Gasteiger partial charge in [0.15, 0.2) is 0 Å². The van der Waals surface area contributed by atoms with E-state index in [1.165, 1.54) is 36.5 Å². The van der Waals surface area contributed by atoms with Crippen molar-refractivity contribution in [2.75, 3.05) is 19.3 Å². The van der Waals surface area contributed by atoms with Gasteiger partial charge in [0.25, 0.3) is 5.91 Å². The topological polar surface area (TPSA) is 78.5 Å². The summed E-state index contributed by atoms with van der Waals surface area (Å²) in [6.45, 7) is 3.10. The molecule has 0 spiro atoms. The number of amides is 1. The van der Waals surface area contributed by atoms with E-state index in [0.29, 0.717) is 18.0 Å². The average Bonchev–Trinajstić information content (AvgIpc) is 3.53. The molecule has 0 bridgehead atoms. The Morgan fingerprint density at radius 3 is 2.41 bits per heavy atom. The molecule has 0 radical (unpaired) electrons. The van der Waals surface area contributed by atoms with Crippen molar-refractivity contribution in [3.05, 3.63) is 77.4 Å². The van der Waals surface area contributed by atoms with E-state index in [4.69, 9.17) is 0 Å². The van der Waals surface area contributed by atoms with Crippen molar-refractivity contribution >= 4 is 22.0 Å². The minimum atomic E-state index is -3.53. The Hall–Kier alpha value is -2.48. The molecule has 2 N–H and O–H groups in total. The summed E-state index contributed by atoms with van der Waals surface area (Å²) in [5.74, 6) is 0.0357. The molecule has 1 saturated carbocycles. The quantitative estimate of drug-likeness (QED) is 0.601. The second-order valence-electron chi connectivity index (χ2n) is 8.89. The fourth-order valence-corrected chi connectivity index (χ4v) is 4.82. The van der Waals surface area contributed by atoms with Crippen molar-refractivity contribution < 1.29 is 13.2 Å². The molecule has 1 aliphatic heterocycles. The van der Waals surface area contributed by atoms with Gasteiger partial charge in [-0.1, -0.05) is 54.6 Å². The van der Waals surface area contributed by atoms with Crippen LogP contribution in [0.5, 0.6) is 0 Å². The summed E-state index contributed by atoms with van der Waals surface area (Å²) in [5.41, 5.74) is 3.55. The van der Waals surface area contributed by atoms with Crippen LogP contribution in [0.15, 0.2) is 60.7 Å². The molecule has 170 valence electrons. The van der Waals surface area contributed by atoms with E-state index >= 15 is 0 Å². The Morgan fingerprint density at radius 1 is 1.06 bits per heavy atom. The van der Waals surface area contributed by atoms with Crippen LogP contribution in [0.4, 0.5) is 0 Å². The number of nitrogens with zero attached hydrogens (tertiary/aromatic N) is 1. The van der Waals surface area contributed by atoms with Gasteiger partial charge >= 0.3 is 0 Å². The highest BCUT2D eigenvalue weighted by Gasteiger charge is 2.39. The molecule has 4 rings (SSSR count). The Labute approximate surface area is 190 Å². The molecule has 1 saturated heterocycles. The largest absolute Gasteiger partial charge is 0.311 e. The van der Waals surface area contributed by atoms with Crippen molar-refractivity contribution in [3.63, 3.8) is 0 Å². The molecule has 2 aromatic carbocycles. The Morgan fingerprint density at radius 2 is 1.75 bits per heavy atom. The molecule has 2 aliphatic rings. The summed E-state index contributed by atoms with van der Waals surface area (Å²) in [7, 11) is -3.53. The number of hydrogen-bond acceptors (Lipinski definition) is 5. The van der Waals surface area contributed by atoms with Crippen molar-refractivity contribution in [2.24, 2.45) is 0 Å². The van der Waals surface area contributed by atoms with Crippen LogP contribution in [0.3, 0.4) is 0 Å². The Bertz CT molecular complexity index is 1040. The minimum Gasteiger partial charge on any atom is -0.311 e. The maximum atomic E-state index is 11.6. The maximum absolute atomic E-state index is 11.6. The molecule has 1 heterocycles. The first-order valence-electron chi connectivity index (χ1n) is 11.2. The van der Waals surface area contributed by atoms with Crippen LogP contribution in [-0.2, 0) is 21.4 Å². The van der Waals surface area contributed by atoms with Crippen molar-refractivity contribution in [3.8, 4) is 0 Å². The first kappa shape index (κ1) is 22.7. The molecule has 0 aromatic heterocycles. The third-order valence-electron chi connectivity index (χ3n) is 6.15. The number of rotatable bonds is 8. The van der Waals surface area contributed by atoms with Gasteiger partial charge in [-0.3, -0.25) is 9.69 Å². The summed E-state index contributed by atoms with van der Waals surface area (Å²) in [6.07, 6.45) is 7.40. The maximum Gasteiger partial charge on any atom is 0.257 e. The zero-order valence-electron chi connectivity index (χ0n) is 18.4. The van der Waals surface area contributed by atoms with E-state index < -0.39 is 15.9 Å². The lowest BCUT2D eigenvalue weighted by molar-refractivity contribution is -0.114. The van der Waals surface area contributed by atoms with E-state index in [0.717, 1.165) is 31.5 Å². The Balaban J connectivity index is 1.19. The van der Waals surface area contributed by atoms with Gasteiger partial charge in [-0.05, 0) is 55.1 Å². The number of benzene rings is 2. The number of sulfonamides is 1. The molecule has 32 heavy (non-hydrogen) atoms. The average molecular weight is 454 g/mol. The highest BCUT2D eigenvalue weighted by atomic mass is 32.2. The SMILES string of the molecule is CS(=O)(=O)NC(=O)C=Cc1ccc(CN2CCC(N[C@@H]3C[C@H]3c3ccccc3)CC2)cc1. The fourth-order valence-electron chi connectivity index (χ4n) is 4.39. The summed E-state index contributed by atoms with van der Waals surface area (Å²) in [6, 6.07) is 20.1. The number of likely N-dealkylation sites (tertiary alicyclic amines) is 1. The first-order chi connectivity index (χ1) is 15.4. The monoisotopic (exact) mass is 453 g/mol. The second-order valence-corrected chi connectivity index (χ2v) is 10.6. The van der Waals surface area contributed by atoms with Gasteiger partial charge in [0.1, 0.15) is 0 Å². The molecular weight excluding hydrogens is 422 g/mol. The Kier molecular flexibility index (Phi) is 7.08. The molecule has 6 nitrogen and oxygen atoms in total. The molecule has 0 unspecified atom stereocenters. The summed E-state index contributed by atoms with van der Waals surface area (Å²) >= 11 is 0. The van der Waals surface area contributed by atoms with Crippen LogP contribution >= 0.6 is 0 Å². The number of hydrogen-bond donors (Lipinski definition) is 2. The lowest BCUT2D eigenvalue weighted by Gasteiger charge is -2.32. The normalized spacial score (nSPS) is 22.2. The molecule has 1 aliphatic carbocycles. The number of carbonyl (C=O) groups excluding carboxylic acids is 1. The third kappa shape index (κ3) is 6.76. The highest BCUT2D eigenvalue weighted by Crippen LogP contribution is 2.41. The van der Waals surface area contributed by atoms with Gasteiger partial charge < -0.3 is 5.32 Å². The molecule has 7 heteroatoms.